The summed E-state index contributed by atoms with van der Waals surface area (Å²) in [5.41, 5.74) is 0.806. The van der Waals surface area contributed by atoms with Crippen LogP contribution in [0.4, 0.5) is 0 Å². The molecule has 0 saturated heterocycles. The largest absolute Gasteiger partial charge is 0.497 e. The Labute approximate surface area is 121 Å². The Hall–Kier alpha value is -2.76. The van der Waals surface area contributed by atoms with Gasteiger partial charge in [-0.2, -0.15) is 0 Å². The van der Waals surface area contributed by atoms with Crippen LogP contribution in [-0.4, -0.2) is 25.5 Å². The fourth-order valence-corrected chi connectivity index (χ4v) is 1.62. The van der Waals surface area contributed by atoms with Gasteiger partial charge in [0.1, 0.15) is 18.9 Å². The lowest BCUT2D eigenvalue weighted by Crippen LogP contribution is -2.30. The Kier molecular flexibility index (Phi) is 4.98. The fourth-order valence-electron chi connectivity index (χ4n) is 1.62. The third-order valence-corrected chi connectivity index (χ3v) is 2.67. The molecule has 2 rings (SSSR count). The third-order valence-electron chi connectivity index (χ3n) is 2.67. The normalized spacial score (nSPS) is 9.95. The number of carbonyl (C=O) groups is 2. The van der Waals surface area contributed by atoms with Gasteiger partial charge in [0, 0.05) is 0 Å². The van der Waals surface area contributed by atoms with Crippen LogP contribution < -0.4 is 10.1 Å². The van der Waals surface area contributed by atoms with E-state index in [0.29, 0.717) is 5.75 Å². The molecule has 1 aromatic carbocycles. The SMILES string of the molecule is COc1cccc(COC(=O)CNC(=O)c2ccco2)c1. The average molecular weight is 289 g/mol. The van der Waals surface area contributed by atoms with Crippen molar-refractivity contribution < 1.29 is 23.5 Å². The smallest absolute Gasteiger partial charge is 0.325 e. The highest BCUT2D eigenvalue weighted by Crippen LogP contribution is 2.13. The van der Waals surface area contributed by atoms with E-state index >= 15 is 0 Å². The van der Waals surface area contributed by atoms with Gasteiger partial charge in [0.15, 0.2) is 5.76 Å². The molecule has 0 atom stereocenters. The Morgan fingerprint density at radius 2 is 2.10 bits per heavy atom. The first kappa shape index (κ1) is 14.6. The Morgan fingerprint density at radius 3 is 2.81 bits per heavy atom. The molecule has 0 unspecified atom stereocenters. The van der Waals surface area contributed by atoms with Gasteiger partial charge in [0.25, 0.3) is 5.91 Å². The summed E-state index contributed by atoms with van der Waals surface area (Å²) in [6.45, 7) is -0.101. The summed E-state index contributed by atoms with van der Waals surface area (Å²) in [5, 5.41) is 2.41. The first-order chi connectivity index (χ1) is 10.2. The molecule has 0 aliphatic heterocycles. The summed E-state index contributed by atoms with van der Waals surface area (Å²) < 4.78 is 15.0. The van der Waals surface area contributed by atoms with E-state index in [0.717, 1.165) is 5.56 Å². The molecule has 6 nitrogen and oxygen atoms in total. The van der Waals surface area contributed by atoms with E-state index in [9.17, 15) is 9.59 Å². The molecular weight excluding hydrogens is 274 g/mol. The zero-order valence-electron chi connectivity index (χ0n) is 11.5. The molecule has 0 fully saturated rings. The fraction of sp³-hybridized carbons (Fsp3) is 0.200. The molecular formula is C15H15NO5. The van der Waals surface area contributed by atoms with Gasteiger partial charge in [-0.1, -0.05) is 12.1 Å². The van der Waals surface area contributed by atoms with Crippen molar-refractivity contribution in [3.8, 4) is 5.75 Å². The highest BCUT2D eigenvalue weighted by Gasteiger charge is 2.11. The zero-order valence-corrected chi connectivity index (χ0v) is 11.5. The third kappa shape index (κ3) is 4.38. The Balaban J connectivity index is 1.75. The van der Waals surface area contributed by atoms with Gasteiger partial charge in [-0.3, -0.25) is 9.59 Å². The standard InChI is InChI=1S/C15H15NO5/c1-19-12-5-2-4-11(8-12)10-21-14(17)9-16-15(18)13-6-3-7-20-13/h2-8H,9-10H2,1H3,(H,16,18). The Bertz CT molecular complexity index is 606. The number of carbonyl (C=O) groups excluding carboxylic acids is 2. The van der Waals surface area contributed by atoms with Crippen molar-refractivity contribution in [1.29, 1.82) is 0 Å². The van der Waals surface area contributed by atoms with Crippen molar-refractivity contribution in [3.05, 3.63) is 54.0 Å². The number of esters is 1. The van der Waals surface area contributed by atoms with Gasteiger partial charge in [-0.15, -0.1) is 0 Å². The molecule has 21 heavy (non-hydrogen) atoms. The van der Waals surface area contributed by atoms with E-state index in [2.05, 4.69) is 5.32 Å². The van der Waals surface area contributed by atoms with Crippen LogP contribution in [0.5, 0.6) is 5.75 Å². The van der Waals surface area contributed by atoms with Gasteiger partial charge >= 0.3 is 5.97 Å². The second kappa shape index (κ2) is 7.14. The topological polar surface area (TPSA) is 77.8 Å². The van der Waals surface area contributed by atoms with Crippen molar-refractivity contribution in [2.45, 2.75) is 6.61 Å². The minimum absolute atomic E-state index is 0.118. The maximum atomic E-state index is 11.5. The number of ether oxygens (including phenoxy) is 2. The van der Waals surface area contributed by atoms with Gasteiger partial charge in [0.05, 0.1) is 13.4 Å². The van der Waals surface area contributed by atoms with Crippen molar-refractivity contribution in [2.24, 2.45) is 0 Å². The maximum absolute atomic E-state index is 11.5. The molecule has 0 aliphatic rings. The number of hydrogen-bond donors (Lipinski definition) is 1. The van der Waals surface area contributed by atoms with Crippen LogP contribution in [0.15, 0.2) is 47.1 Å². The molecule has 0 spiro atoms. The second-order valence-electron chi connectivity index (χ2n) is 4.17. The number of amides is 1. The number of rotatable bonds is 6. The first-order valence-electron chi connectivity index (χ1n) is 6.29. The summed E-state index contributed by atoms with van der Waals surface area (Å²) in [6, 6.07) is 10.3. The van der Waals surface area contributed by atoms with Gasteiger partial charge < -0.3 is 19.2 Å². The molecule has 110 valence electrons. The van der Waals surface area contributed by atoms with Crippen LogP contribution in [0.1, 0.15) is 16.1 Å². The number of methoxy groups -OCH3 is 1. The van der Waals surface area contributed by atoms with Gasteiger partial charge in [-0.25, -0.2) is 0 Å². The molecule has 0 aliphatic carbocycles. The molecule has 0 radical (unpaired) electrons. The van der Waals surface area contributed by atoms with Crippen LogP contribution in [0.25, 0.3) is 0 Å². The average Bonchev–Trinajstić information content (AvgIpc) is 3.05. The quantitative estimate of drug-likeness (QED) is 0.820. The molecule has 6 heteroatoms. The highest BCUT2D eigenvalue weighted by atomic mass is 16.5. The van der Waals surface area contributed by atoms with E-state index in [-0.39, 0.29) is 18.9 Å². The van der Waals surface area contributed by atoms with Gasteiger partial charge in [0.2, 0.25) is 0 Å². The predicted octanol–water partition coefficient (Wildman–Crippen LogP) is 1.76. The van der Waals surface area contributed by atoms with Crippen molar-refractivity contribution in [2.75, 3.05) is 13.7 Å². The van der Waals surface area contributed by atoms with Gasteiger partial charge in [-0.05, 0) is 29.8 Å². The summed E-state index contributed by atoms with van der Waals surface area (Å²) in [4.78, 5) is 23.1. The van der Waals surface area contributed by atoms with Crippen molar-refractivity contribution in [3.63, 3.8) is 0 Å². The van der Waals surface area contributed by atoms with E-state index in [1.165, 1.54) is 12.3 Å². The molecule has 0 bridgehead atoms. The lowest BCUT2D eigenvalue weighted by molar-refractivity contribution is -0.143. The van der Waals surface area contributed by atoms with E-state index in [4.69, 9.17) is 13.9 Å². The van der Waals surface area contributed by atoms with Crippen LogP contribution in [0.3, 0.4) is 0 Å². The minimum Gasteiger partial charge on any atom is -0.497 e. The lowest BCUT2D eigenvalue weighted by Gasteiger charge is -2.07. The van der Waals surface area contributed by atoms with E-state index < -0.39 is 11.9 Å². The van der Waals surface area contributed by atoms with Crippen LogP contribution in [0.2, 0.25) is 0 Å². The highest BCUT2D eigenvalue weighted by molar-refractivity contribution is 5.93. The second-order valence-corrected chi connectivity index (χ2v) is 4.17. The zero-order chi connectivity index (χ0) is 15.1. The first-order valence-corrected chi connectivity index (χ1v) is 6.29. The number of furan rings is 1. The van der Waals surface area contributed by atoms with E-state index in [1.807, 2.05) is 6.07 Å². The predicted molar refractivity (Wildman–Crippen MR) is 73.8 cm³/mol. The number of nitrogens with one attached hydrogen (secondary N) is 1. The molecule has 1 heterocycles. The van der Waals surface area contributed by atoms with Crippen LogP contribution in [0, 0.1) is 0 Å². The van der Waals surface area contributed by atoms with Crippen LogP contribution >= 0.6 is 0 Å². The van der Waals surface area contributed by atoms with Crippen LogP contribution in [-0.2, 0) is 16.1 Å². The van der Waals surface area contributed by atoms with Crippen molar-refractivity contribution >= 4 is 11.9 Å². The molecule has 0 saturated carbocycles. The Morgan fingerprint density at radius 1 is 1.24 bits per heavy atom. The summed E-state index contributed by atoms with van der Waals surface area (Å²) in [6.07, 6.45) is 1.38. The monoisotopic (exact) mass is 289 g/mol. The molecule has 2 aromatic rings. The minimum atomic E-state index is -0.530. The summed E-state index contributed by atoms with van der Waals surface area (Å²) >= 11 is 0. The lowest BCUT2D eigenvalue weighted by atomic mass is 10.2. The molecule has 1 N–H and O–H groups in total. The maximum Gasteiger partial charge on any atom is 0.325 e. The number of hydrogen-bond acceptors (Lipinski definition) is 5. The van der Waals surface area contributed by atoms with Crippen molar-refractivity contribution in [1.82, 2.24) is 5.32 Å². The summed E-state index contributed by atoms with van der Waals surface area (Å²) in [5.74, 6) is -0.152. The number of benzene rings is 1. The molecule has 1 amide bonds. The summed E-state index contributed by atoms with van der Waals surface area (Å²) in [7, 11) is 1.56. The van der Waals surface area contributed by atoms with E-state index in [1.54, 1.807) is 31.4 Å². The molecule has 1 aromatic heterocycles.